The van der Waals surface area contributed by atoms with Crippen LogP contribution < -0.4 is 15.0 Å². The van der Waals surface area contributed by atoms with Crippen molar-refractivity contribution < 1.29 is 23.9 Å². The van der Waals surface area contributed by atoms with Crippen LogP contribution in [0, 0.1) is 0 Å². The van der Waals surface area contributed by atoms with Gasteiger partial charge in [-0.25, -0.2) is 9.59 Å². The Kier molecular flexibility index (Phi) is 4.73. The molecule has 2 aromatic rings. The van der Waals surface area contributed by atoms with Crippen molar-refractivity contribution in [3.8, 4) is 5.75 Å². The standard InChI is InChI=1S/C21H20N2O5/c1-2-27-20(25)13-5-8-15(9-6-13)28-21(26)14-7-10-17-16(12-14)22-19(24)18-4-3-11-23(17)18/h5-10,12,18H,2-4,11H2,1H3,(H,22,24)/t18-/m0/s1. The third kappa shape index (κ3) is 3.31. The van der Waals surface area contributed by atoms with E-state index in [0.29, 0.717) is 29.2 Å². The normalized spacial score (nSPS) is 17.4. The molecule has 2 aromatic carbocycles. The van der Waals surface area contributed by atoms with Crippen molar-refractivity contribution in [3.05, 3.63) is 53.6 Å². The summed E-state index contributed by atoms with van der Waals surface area (Å²) in [5.41, 5.74) is 2.28. The van der Waals surface area contributed by atoms with Gasteiger partial charge in [0.05, 0.1) is 29.1 Å². The van der Waals surface area contributed by atoms with Gasteiger partial charge in [0.2, 0.25) is 5.91 Å². The average molecular weight is 380 g/mol. The second-order valence-corrected chi connectivity index (χ2v) is 6.71. The number of ether oxygens (including phenoxy) is 2. The van der Waals surface area contributed by atoms with Gasteiger partial charge in [0.25, 0.3) is 0 Å². The van der Waals surface area contributed by atoms with Crippen LogP contribution in [0.1, 0.15) is 40.5 Å². The Morgan fingerprint density at radius 1 is 1.11 bits per heavy atom. The highest BCUT2D eigenvalue weighted by atomic mass is 16.5. The van der Waals surface area contributed by atoms with E-state index in [4.69, 9.17) is 9.47 Å². The molecule has 144 valence electrons. The van der Waals surface area contributed by atoms with Gasteiger partial charge < -0.3 is 19.7 Å². The monoisotopic (exact) mass is 380 g/mol. The molecule has 0 aromatic heterocycles. The molecule has 0 radical (unpaired) electrons. The van der Waals surface area contributed by atoms with Crippen molar-refractivity contribution in [2.45, 2.75) is 25.8 Å². The lowest BCUT2D eigenvalue weighted by atomic mass is 10.1. The van der Waals surface area contributed by atoms with E-state index in [0.717, 1.165) is 25.1 Å². The van der Waals surface area contributed by atoms with Crippen LogP contribution in [0.5, 0.6) is 5.75 Å². The smallest absolute Gasteiger partial charge is 0.343 e. The van der Waals surface area contributed by atoms with Crippen molar-refractivity contribution in [1.82, 2.24) is 0 Å². The summed E-state index contributed by atoms with van der Waals surface area (Å²) in [7, 11) is 0. The Bertz CT molecular complexity index is 938. The fourth-order valence-electron chi connectivity index (χ4n) is 3.60. The lowest BCUT2D eigenvalue weighted by Crippen LogP contribution is -2.43. The van der Waals surface area contributed by atoms with Gasteiger partial charge in [0.15, 0.2) is 0 Å². The number of nitrogens with zero attached hydrogens (tertiary/aromatic N) is 1. The number of benzene rings is 2. The first kappa shape index (κ1) is 18.0. The lowest BCUT2D eigenvalue weighted by Gasteiger charge is -2.33. The number of carbonyl (C=O) groups excluding carboxylic acids is 3. The summed E-state index contributed by atoms with van der Waals surface area (Å²) in [4.78, 5) is 38.5. The highest BCUT2D eigenvalue weighted by molar-refractivity contribution is 6.05. The first-order valence-corrected chi connectivity index (χ1v) is 9.27. The van der Waals surface area contributed by atoms with Gasteiger partial charge in [-0.15, -0.1) is 0 Å². The molecule has 2 aliphatic heterocycles. The summed E-state index contributed by atoms with van der Waals surface area (Å²) in [5, 5.41) is 2.88. The zero-order valence-electron chi connectivity index (χ0n) is 15.4. The Hall–Kier alpha value is -3.35. The molecule has 0 spiro atoms. The van der Waals surface area contributed by atoms with Crippen molar-refractivity contribution >= 4 is 29.2 Å². The SMILES string of the molecule is CCOC(=O)c1ccc(OC(=O)c2ccc3c(c2)NC(=O)[C@@H]2CCCN32)cc1. The predicted octanol–water partition coefficient (Wildman–Crippen LogP) is 3.00. The van der Waals surface area contributed by atoms with Gasteiger partial charge in [-0.05, 0) is 62.2 Å². The highest BCUT2D eigenvalue weighted by Crippen LogP contribution is 2.37. The van der Waals surface area contributed by atoms with Gasteiger partial charge in [-0.1, -0.05) is 0 Å². The third-order valence-corrected chi connectivity index (χ3v) is 4.93. The first-order chi connectivity index (χ1) is 13.6. The molecule has 7 heteroatoms. The van der Waals surface area contributed by atoms with Crippen LogP contribution in [0.2, 0.25) is 0 Å². The van der Waals surface area contributed by atoms with E-state index in [-0.39, 0.29) is 11.9 Å². The molecule has 0 bridgehead atoms. The molecule has 28 heavy (non-hydrogen) atoms. The van der Waals surface area contributed by atoms with Crippen molar-refractivity contribution in [3.63, 3.8) is 0 Å². The van der Waals surface area contributed by atoms with E-state index in [2.05, 4.69) is 10.2 Å². The number of carbonyl (C=O) groups is 3. The molecule has 0 saturated carbocycles. The van der Waals surface area contributed by atoms with E-state index in [1.807, 2.05) is 6.07 Å². The molecule has 1 amide bonds. The molecule has 0 unspecified atom stereocenters. The zero-order valence-corrected chi connectivity index (χ0v) is 15.4. The van der Waals surface area contributed by atoms with E-state index >= 15 is 0 Å². The number of hydrogen-bond donors (Lipinski definition) is 1. The molecule has 7 nitrogen and oxygen atoms in total. The number of hydrogen-bond acceptors (Lipinski definition) is 6. The molecule has 1 saturated heterocycles. The number of amides is 1. The van der Waals surface area contributed by atoms with Gasteiger partial charge >= 0.3 is 11.9 Å². The Morgan fingerprint density at radius 3 is 2.61 bits per heavy atom. The summed E-state index contributed by atoms with van der Waals surface area (Å²) in [5.74, 6) is -0.681. The molecule has 2 heterocycles. The number of rotatable bonds is 4. The minimum atomic E-state index is -0.538. The van der Waals surface area contributed by atoms with Crippen LogP contribution in [0.25, 0.3) is 0 Å². The zero-order chi connectivity index (χ0) is 19.7. The summed E-state index contributed by atoms with van der Waals surface area (Å²) >= 11 is 0. The van der Waals surface area contributed by atoms with Crippen molar-refractivity contribution in [1.29, 1.82) is 0 Å². The van der Waals surface area contributed by atoms with Crippen LogP contribution in [0.3, 0.4) is 0 Å². The Labute approximate surface area is 162 Å². The summed E-state index contributed by atoms with van der Waals surface area (Å²) < 4.78 is 10.3. The van der Waals surface area contributed by atoms with E-state index in [9.17, 15) is 14.4 Å². The fourth-order valence-corrected chi connectivity index (χ4v) is 3.60. The molecule has 2 aliphatic rings. The maximum Gasteiger partial charge on any atom is 0.343 e. The van der Waals surface area contributed by atoms with E-state index in [1.165, 1.54) is 0 Å². The molecular formula is C21H20N2O5. The molecule has 1 atom stereocenters. The van der Waals surface area contributed by atoms with E-state index in [1.54, 1.807) is 43.3 Å². The fraction of sp³-hybridized carbons (Fsp3) is 0.286. The van der Waals surface area contributed by atoms with E-state index < -0.39 is 11.9 Å². The van der Waals surface area contributed by atoms with Gasteiger partial charge in [-0.3, -0.25) is 4.79 Å². The van der Waals surface area contributed by atoms with Crippen molar-refractivity contribution in [2.24, 2.45) is 0 Å². The van der Waals surface area contributed by atoms with Gasteiger partial charge in [-0.2, -0.15) is 0 Å². The Balaban J connectivity index is 1.49. The molecular weight excluding hydrogens is 360 g/mol. The van der Waals surface area contributed by atoms with Crippen LogP contribution in [0.4, 0.5) is 11.4 Å². The summed E-state index contributed by atoms with van der Waals surface area (Å²) in [6.07, 6.45) is 1.82. The summed E-state index contributed by atoms with van der Waals surface area (Å²) in [6, 6.07) is 11.2. The van der Waals surface area contributed by atoms with Gasteiger partial charge in [0.1, 0.15) is 11.8 Å². The maximum absolute atomic E-state index is 12.5. The molecule has 0 aliphatic carbocycles. The van der Waals surface area contributed by atoms with Crippen LogP contribution in [-0.4, -0.2) is 37.0 Å². The first-order valence-electron chi connectivity index (χ1n) is 9.27. The highest BCUT2D eigenvalue weighted by Gasteiger charge is 2.36. The molecule has 4 rings (SSSR count). The van der Waals surface area contributed by atoms with Crippen LogP contribution in [0.15, 0.2) is 42.5 Å². The Morgan fingerprint density at radius 2 is 1.86 bits per heavy atom. The van der Waals surface area contributed by atoms with Crippen LogP contribution >= 0.6 is 0 Å². The third-order valence-electron chi connectivity index (χ3n) is 4.93. The predicted molar refractivity (Wildman–Crippen MR) is 103 cm³/mol. The quantitative estimate of drug-likeness (QED) is 0.648. The molecule has 1 N–H and O–H groups in total. The number of anilines is 2. The lowest BCUT2D eigenvalue weighted by molar-refractivity contribution is -0.117. The average Bonchev–Trinajstić information content (AvgIpc) is 3.19. The minimum absolute atomic E-state index is 0.0370. The molecule has 1 fully saturated rings. The number of fused-ring (bicyclic) bond motifs is 3. The van der Waals surface area contributed by atoms with Crippen molar-refractivity contribution in [2.75, 3.05) is 23.4 Å². The number of esters is 2. The second kappa shape index (κ2) is 7.34. The van der Waals surface area contributed by atoms with Gasteiger partial charge in [0, 0.05) is 6.54 Å². The number of nitrogens with one attached hydrogen (secondary N) is 1. The minimum Gasteiger partial charge on any atom is -0.462 e. The topological polar surface area (TPSA) is 84.9 Å². The van der Waals surface area contributed by atoms with Crippen LogP contribution in [-0.2, 0) is 9.53 Å². The largest absolute Gasteiger partial charge is 0.462 e. The summed E-state index contributed by atoms with van der Waals surface area (Å²) in [6.45, 7) is 2.86. The maximum atomic E-state index is 12.5. The second-order valence-electron chi connectivity index (χ2n) is 6.71.